The number of urea groups is 1. The molecule has 4 aromatic rings. The van der Waals surface area contributed by atoms with Gasteiger partial charge in [0.15, 0.2) is 6.10 Å². The van der Waals surface area contributed by atoms with Crippen molar-refractivity contribution in [3.8, 4) is 0 Å². The Labute approximate surface area is 367 Å². The number of benzene rings is 3. The molecule has 16 nitrogen and oxygen atoms in total. The SMILES string of the molecule is CC(C)(O)c1cnnn1[C@H]1C[C@@H](C(=O)NC(Cc2ccc(NC(=O)NC3CCCCC3)cc2)C(O)C(N)=O)N(C(=O)[C@@H](CC2CCCCC2)NC(=O)c2ccc3ccccc3c2)C1. The zero-order chi connectivity index (χ0) is 44.7. The monoisotopic (exact) mass is 863 g/mol. The number of nitrogens with zero attached hydrogens (tertiary/aromatic N) is 4. The van der Waals surface area contributed by atoms with Gasteiger partial charge in [-0.15, -0.1) is 5.10 Å². The summed E-state index contributed by atoms with van der Waals surface area (Å²) >= 11 is 0. The lowest BCUT2D eigenvalue weighted by atomic mass is 9.84. The van der Waals surface area contributed by atoms with Gasteiger partial charge in [0.1, 0.15) is 17.7 Å². The zero-order valence-corrected chi connectivity index (χ0v) is 36.2. The maximum absolute atomic E-state index is 15.0. The first-order chi connectivity index (χ1) is 30.2. The molecule has 16 heteroatoms. The standard InChI is InChI=1S/C47H61N9O7/c1-47(2,63)40-27-49-54-56(40)36-26-39(44(60)52-37(41(57)42(48)58)23-30-17-21-35(22-18-30)51-46(62)50-34-15-7-4-8-16-34)55(28-36)45(61)38(24-29-11-5-3-6-12-29)53-43(59)33-20-19-31-13-9-10-14-32(31)25-33/h9-10,13-14,17-22,25,27,29,34,36-39,41,57,63H,3-8,11-12,15-16,23-24,26,28H2,1-2H3,(H2,48,58)(H,52,60)(H,53,59)(H2,50,51,62)/t36-,37?,38+,39-,41?/m0/s1. The van der Waals surface area contributed by atoms with Crippen molar-refractivity contribution in [2.45, 2.75) is 139 Å². The van der Waals surface area contributed by atoms with E-state index in [2.05, 4.69) is 31.6 Å². The van der Waals surface area contributed by atoms with Gasteiger partial charge in [0, 0.05) is 30.3 Å². The number of primary amides is 1. The number of carbonyl (C=O) groups is 5. The van der Waals surface area contributed by atoms with Crippen LogP contribution in [0.1, 0.15) is 119 Å². The minimum absolute atomic E-state index is 0.00218. The Bertz CT molecular complexity index is 2240. The number of amides is 6. The smallest absolute Gasteiger partial charge is 0.319 e. The molecule has 2 unspecified atom stereocenters. The molecule has 1 aromatic heterocycles. The predicted molar refractivity (Wildman–Crippen MR) is 237 cm³/mol. The van der Waals surface area contributed by atoms with Gasteiger partial charge in [0.05, 0.1) is 24.0 Å². The van der Waals surface area contributed by atoms with E-state index in [0.717, 1.165) is 68.6 Å². The number of nitrogens with one attached hydrogen (secondary N) is 4. The minimum Gasteiger partial charge on any atom is -0.384 e. The molecule has 1 aliphatic heterocycles. The van der Waals surface area contributed by atoms with E-state index in [1.165, 1.54) is 22.2 Å². The maximum Gasteiger partial charge on any atom is 0.319 e. The van der Waals surface area contributed by atoms with Crippen molar-refractivity contribution < 1.29 is 34.2 Å². The van der Waals surface area contributed by atoms with Crippen LogP contribution in [0.4, 0.5) is 10.5 Å². The van der Waals surface area contributed by atoms with E-state index in [4.69, 9.17) is 5.73 Å². The van der Waals surface area contributed by atoms with Gasteiger partial charge in [0.25, 0.3) is 5.91 Å². The van der Waals surface area contributed by atoms with E-state index in [1.807, 2.05) is 30.3 Å². The van der Waals surface area contributed by atoms with Gasteiger partial charge in [0.2, 0.25) is 17.7 Å². The molecule has 1 saturated heterocycles. The van der Waals surface area contributed by atoms with Crippen LogP contribution in [0.15, 0.2) is 72.9 Å². The summed E-state index contributed by atoms with van der Waals surface area (Å²) in [4.78, 5) is 70.2. The number of rotatable bonds is 15. The summed E-state index contributed by atoms with van der Waals surface area (Å²) in [5, 5.41) is 44.0. The Morgan fingerprint density at radius 3 is 2.24 bits per heavy atom. The molecule has 0 bridgehead atoms. The minimum atomic E-state index is -1.79. The fraction of sp³-hybridized carbons (Fsp3) is 0.511. The first-order valence-electron chi connectivity index (χ1n) is 22.4. The van der Waals surface area contributed by atoms with Crippen molar-refractivity contribution >= 4 is 46.1 Å². The highest BCUT2D eigenvalue weighted by molar-refractivity contribution is 6.01. The number of carbonyl (C=O) groups excluding carboxylic acids is 5. The van der Waals surface area contributed by atoms with Crippen LogP contribution >= 0.6 is 0 Å². The molecule has 0 spiro atoms. The number of likely N-dealkylation sites (tertiary alicyclic amines) is 1. The van der Waals surface area contributed by atoms with Crippen molar-refractivity contribution in [2.75, 3.05) is 11.9 Å². The number of aliphatic hydroxyl groups excluding tert-OH is 1. The topological polar surface area (TPSA) is 234 Å². The van der Waals surface area contributed by atoms with Gasteiger partial charge in [-0.3, -0.25) is 19.2 Å². The zero-order valence-electron chi connectivity index (χ0n) is 36.2. The summed E-state index contributed by atoms with van der Waals surface area (Å²) < 4.78 is 1.53. The Hall–Kier alpha value is -5.87. The van der Waals surface area contributed by atoms with Gasteiger partial charge in [-0.2, -0.15) is 0 Å². The Morgan fingerprint density at radius 1 is 0.873 bits per heavy atom. The van der Waals surface area contributed by atoms with E-state index >= 15 is 4.79 Å². The highest BCUT2D eigenvalue weighted by atomic mass is 16.3. The summed E-state index contributed by atoms with van der Waals surface area (Å²) in [6.07, 6.45) is 10.3. The number of hydrogen-bond donors (Lipinski definition) is 7. The molecule has 3 fully saturated rings. The molecule has 5 atom stereocenters. The third kappa shape index (κ3) is 11.4. The first-order valence-corrected chi connectivity index (χ1v) is 22.4. The second kappa shape index (κ2) is 20.1. The Balaban J connectivity index is 1.13. The molecular weight excluding hydrogens is 803 g/mol. The summed E-state index contributed by atoms with van der Waals surface area (Å²) in [7, 11) is 0. The van der Waals surface area contributed by atoms with Gasteiger partial charge < -0.3 is 42.1 Å². The number of aromatic nitrogens is 3. The number of anilines is 1. The molecule has 7 rings (SSSR count). The molecule has 2 saturated carbocycles. The van der Waals surface area contributed by atoms with E-state index in [-0.39, 0.29) is 37.4 Å². The largest absolute Gasteiger partial charge is 0.384 e. The van der Waals surface area contributed by atoms with Crippen LogP contribution in [-0.2, 0) is 26.4 Å². The summed E-state index contributed by atoms with van der Waals surface area (Å²) in [5.41, 5.74) is 6.22. The number of fused-ring (bicyclic) bond motifs is 1. The van der Waals surface area contributed by atoms with Crippen molar-refractivity contribution in [3.05, 3.63) is 89.7 Å². The van der Waals surface area contributed by atoms with Crippen molar-refractivity contribution in [1.82, 2.24) is 35.8 Å². The molecule has 0 radical (unpaired) electrons. The number of nitrogens with two attached hydrogens (primary N) is 1. The van der Waals surface area contributed by atoms with Crippen LogP contribution < -0.4 is 27.0 Å². The highest BCUT2D eigenvalue weighted by Gasteiger charge is 2.45. The average Bonchev–Trinajstić information content (AvgIpc) is 3.96. The lowest BCUT2D eigenvalue weighted by Gasteiger charge is -2.32. The van der Waals surface area contributed by atoms with E-state index in [0.29, 0.717) is 28.9 Å². The summed E-state index contributed by atoms with van der Waals surface area (Å²) in [6, 6.07) is 15.9. The average molecular weight is 864 g/mol. The van der Waals surface area contributed by atoms with Gasteiger partial charge in [-0.05, 0) is 86.1 Å². The molecule has 336 valence electrons. The van der Waals surface area contributed by atoms with E-state index < -0.39 is 59.5 Å². The van der Waals surface area contributed by atoms with Crippen LogP contribution in [0.2, 0.25) is 0 Å². The lowest BCUT2D eigenvalue weighted by molar-refractivity contribution is -0.141. The molecular formula is C47H61N9O7. The second-order valence-electron chi connectivity index (χ2n) is 18.1. The summed E-state index contributed by atoms with van der Waals surface area (Å²) in [5.74, 6) is -2.38. The number of hydrogen-bond acceptors (Lipinski definition) is 9. The second-order valence-corrected chi connectivity index (χ2v) is 18.1. The Kier molecular flexibility index (Phi) is 14.4. The normalized spacial score (nSPS) is 20.1. The van der Waals surface area contributed by atoms with Crippen LogP contribution in [0.3, 0.4) is 0 Å². The van der Waals surface area contributed by atoms with Gasteiger partial charge in [-0.1, -0.05) is 99.0 Å². The fourth-order valence-electron chi connectivity index (χ4n) is 9.48. The van der Waals surface area contributed by atoms with Crippen LogP contribution in [-0.4, -0.2) is 96.6 Å². The van der Waals surface area contributed by atoms with Gasteiger partial charge in [-0.25, -0.2) is 9.48 Å². The maximum atomic E-state index is 15.0. The molecule has 63 heavy (non-hydrogen) atoms. The lowest BCUT2D eigenvalue weighted by Crippen LogP contribution is -2.57. The van der Waals surface area contributed by atoms with E-state index in [1.54, 1.807) is 50.2 Å². The van der Waals surface area contributed by atoms with Crippen molar-refractivity contribution in [1.29, 1.82) is 0 Å². The Morgan fingerprint density at radius 2 is 1.56 bits per heavy atom. The van der Waals surface area contributed by atoms with Crippen LogP contribution in [0, 0.1) is 5.92 Å². The highest BCUT2D eigenvalue weighted by Crippen LogP contribution is 2.34. The van der Waals surface area contributed by atoms with Gasteiger partial charge >= 0.3 is 6.03 Å². The molecule has 3 aliphatic rings. The van der Waals surface area contributed by atoms with E-state index in [9.17, 15) is 29.4 Å². The van der Waals surface area contributed by atoms with Crippen molar-refractivity contribution in [3.63, 3.8) is 0 Å². The molecule has 3 aromatic carbocycles. The first kappa shape index (κ1) is 45.2. The predicted octanol–water partition coefficient (Wildman–Crippen LogP) is 4.60. The quantitative estimate of drug-likeness (QED) is 0.0884. The van der Waals surface area contributed by atoms with Crippen molar-refractivity contribution in [2.24, 2.45) is 11.7 Å². The number of aliphatic hydroxyl groups is 2. The third-order valence-electron chi connectivity index (χ3n) is 12.9. The molecule has 2 heterocycles. The third-order valence-corrected chi connectivity index (χ3v) is 12.9. The molecule has 6 amide bonds. The molecule has 8 N–H and O–H groups in total. The fourth-order valence-corrected chi connectivity index (χ4v) is 9.48. The molecule has 2 aliphatic carbocycles. The van der Waals surface area contributed by atoms with Crippen LogP contribution in [0.5, 0.6) is 0 Å². The summed E-state index contributed by atoms with van der Waals surface area (Å²) in [6.45, 7) is 3.19. The van der Waals surface area contributed by atoms with Crippen LogP contribution in [0.25, 0.3) is 10.8 Å².